The van der Waals surface area contributed by atoms with E-state index in [0.29, 0.717) is 29.3 Å². The van der Waals surface area contributed by atoms with Gasteiger partial charge in [-0.15, -0.1) is 0 Å². The molecule has 0 spiro atoms. The number of carbonyl (C=O) groups excluding carboxylic acids is 1. The molecule has 37 heavy (non-hydrogen) atoms. The van der Waals surface area contributed by atoms with Crippen molar-refractivity contribution in [1.29, 1.82) is 0 Å². The minimum absolute atomic E-state index is 0. The average molecular weight is 527 g/mol. The van der Waals surface area contributed by atoms with Crippen molar-refractivity contribution < 1.29 is 36.1 Å². The molecule has 0 fully saturated rings. The molecule has 0 unspecified atom stereocenters. The Hall–Kier alpha value is -3.23. The Labute approximate surface area is 223 Å². The predicted octanol–water partition coefficient (Wildman–Crippen LogP) is 1.21. The zero-order valence-corrected chi connectivity index (χ0v) is 21.7. The number of nitrogens with zero attached hydrogens (tertiary/aromatic N) is 2. The molecule has 3 heterocycles. The topological polar surface area (TPSA) is 64.7 Å². The summed E-state index contributed by atoms with van der Waals surface area (Å²) in [4.78, 5) is 12.3. The van der Waals surface area contributed by atoms with Gasteiger partial charge in [0.15, 0.2) is 11.4 Å². The predicted molar refractivity (Wildman–Crippen MR) is 142 cm³/mol. The van der Waals surface area contributed by atoms with Gasteiger partial charge in [-0.1, -0.05) is 55.0 Å². The fourth-order valence-corrected chi connectivity index (χ4v) is 4.67. The molecule has 1 aromatic heterocycles. The van der Waals surface area contributed by atoms with Crippen molar-refractivity contribution in [2.24, 2.45) is 0 Å². The van der Waals surface area contributed by atoms with Gasteiger partial charge in [-0.25, -0.2) is 0 Å². The number of nitrogens with one attached hydrogen (secondary N) is 1. The number of amides is 1. The molecule has 4 rings (SSSR count). The van der Waals surface area contributed by atoms with Gasteiger partial charge in [-0.2, -0.15) is 0 Å². The molecule has 5 nitrogen and oxygen atoms in total. The van der Waals surface area contributed by atoms with Crippen molar-refractivity contribution in [2.45, 2.75) is 38.5 Å². The number of benzene rings is 1. The lowest BCUT2D eigenvalue weighted by Crippen LogP contribution is -3.00. The average Bonchev–Trinajstić information content (AvgIpc) is 3.48. The van der Waals surface area contributed by atoms with Gasteiger partial charge in [-0.3, -0.25) is 4.79 Å². The first-order chi connectivity index (χ1) is 17.5. The number of fused-ring (bicyclic) bond motifs is 2. The van der Waals surface area contributed by atoms with Gasteiger partial charge < -0.3 is 41.1 Å². The van der Waals surface area contributed by atoms with Crippen molar-refractivity contribution in [3.63, 3.8) is 0 Å². The normalized spacial score (nSPS) is 15.6. The molecule has 1 aromatic carbocycles. The van der Waals surface area contributed by atoms with Gasteiger partial charge in [0, 0.05) is 43.0 Å². The van der Waals surface area contributed by atoms with Crippen molar-refractivity contribution in [3.05, 3.63) is 95.5 Å². The highest BCUT2D eigenvalue weighted by Gasteiger charge is 2.52. The molecule has 2 aliphatic heterocycles. The minimum Gasteiger partial charge on any atom is -1.00 e. The Kier molecular flexibility index (Phi) is 10.2. The molecule has 0 radical (unpaired) electrons. The fraction of sp³-hybridized carbons (Fsp3) is 0.286. The summed E-state index contributed by atoms with van der Waals surface area (Å²) in [7, 11) is 0. The molecule has 1 amide bonds. The van der Waals surface area contributed by atoms with Gasteiger partial charge in [0.1, 0.15) is 0 Å². The summed E-state index contributed by atoms with van der Waals surface area (Å²) in [5, 5.41) is 2.91. The number of hydrogen-bond acceptors (Lipinski definition) is 1. The van der Waals surface area contributed by atoms with Gasteiger partial charge >= 0.3 is 6.97 Å². The van der Waals surface area contributed by atoms with Crippen LogP contribution in [0.5, 0.6) is 0 Å². The first-order valence-corrected chi connectivity index (χ1v) is 12.7. The number of hydrogen-bond donors (Lipinski definition) is 2. The number of halogens is 3. The highest BCUT2D eigenvalue weighted by atomic mass is 35.5. The van der Waals surface area contributed by atoms with Crippen LogP contribution in [0.4, 0.5) is 8.63 Å². The third-order valence-corrected chi connectivity index (χ3v) is 6.51. The summed E-state index contributed by atoms with van der Waals surface area (Å²) in [6, 6.07) is 13.2. The van der Waals surface area contributed by atoms with E-state index in [1.807, 2.05) is 42.5 Å². The smallest absolute Gasteiger partial charge is 0.737 e. The van der Waals surface area contributed by atoms with Gasteiger partial charge in [0.25, 0.3) is 0 Å². The standard InChI is InChI=1S/C28H33BF2N4O.ClH/c30-29(31)34-24(13-7-6-12-23-10-4-3-5-11-23)14-16-26(34)22-27-17-15-25(35(27)29)18-19-28(36)33-21-9-2-1-8-20-32;/h3-7,10-17,22H,1-2,8-9,18-21,32H2,(H,33,36);1H/b12-6+,13-7-;. The number of quaternary nitrogens is 1. The lowest BCUT2D eigenvalue weighted by Gasteiger charge is -2.30. The van der Waals surface area contributed by atoms with Crippen molar-refractivity contribution >= 4 is 30.7 Å². The number of allylic oxidation sites excluding steroid dienone is 5. The summed E-state index contributed by atoms with van der Waals surface area (Å²) in [5.74, 6) is -0.103. The molecule has 2 aliphatic rings. The monoisotopic (exact) mass is 526 g/mol. The molecule has 9 heteroatoms. The van der Waals surface area contributed by atoms with Crippen LogP contribution >= 0.6 is 0 Å². The maximum Gasteiger partial charge on any atom is 0.737 e. The molecule has 0 atom stereocenters. The summed E-state index contributed by atoms with van der Waals surface area (Å²) in [5.41, 5.74) is 6.71. The summed E-state index contributed by atoms with van der Waals surface area (Å²) >= 11 is 0. The Bertz CT molecular complexity index is 1230. The number of carbonyl (C=O) groups is 1. The summed E-state index contributed by atoms with van der Waals surface area (Å²) in [6.45, 7) is -2.53. The number of aryl methyl sites for hydroxylation is 1. The van der Waals surface area contributed by atoms with E-state index in [9.17, 15) is 4.79 Å². The Morgan fingerprint density at radius 1 is 1.00 bits per heavy atom. The van der Waals surface area contributed by atoms with Gasteiger partial charge in [0.05, 0.1) is 6.54 Å². The van der Waals surface area contributed by atoms with E-state index < -0.39 is 6.97 Å². The van der Waals surface area contributed by atoms with Crippen LogP contribution in [-0.4, -0.2) is 40.6 Å². The Balaban J connectivity index is 0.00000380. The molecular formula is C28H34BClF2N4O. The number of aromatic nitrogens is 1. The molecule has 4 N–H and O–H groups in total. The van der Waals surface area contributed by atoms with E-state index in [4.69, 9.17) is 0 Å². The van der Waals surface area contributed by atoms with Crippen LogP contribution in [0.25, 0.3) is 12.2 Å². The maximum atomic E-state index is 15.8. The highest BCUT2D eigenvalue weighted by Crippen LogP contribution is 2.33. The third kappa shape index (κ3) is 6.96. The highest BCUT2D eigenvalue weighted by molar-refractivity contribution is 6.58. The van der Waals surface area contributed by atoms with E-state index in [2.05, 4.69) is 11.1 Å². The van der Waals surface area contributed by atoms with Crippen LogP contribution in [0.15, 0.2) is 78.5 Å². The Morgan fingerprint density at radius 2 is 1.76 bits per heavy atom. The molecule has 0 saturated carbocycles. The lowest BCUT2D eigenvalue weighted by atomic mass is 9.90. The Morgan fingerprint density at radius 3 is 2.54 bits per heavy atom. The molecule has 196 valence electrons. The van der Waals surface area contributed by atoms with Crippen LogP contribution in [0.2, 0.25) is 0 Å². The van der Waals surface area contributed by atoms with Crippen LogP contribution in [0.3, 0.4) is 0 Å². The zero-order valence-electron chi connectivity index (χ0n) is 21.0. The van der Waals surface area contributed by atoms with E-state index in [1.54, 1.807) is 42.5 Å². The van der Waals surface area contributed by atoms with Crippen molar-refractivity contribution in [1.82, 2.24) is 9.79 Å². The summed E-state index contributed by atoms with van der Waals surface area (Å²) in [6.07, 6.45) is 17.1. The largest absolute Gasteiger partial charge is 1.00 e. The molecular weight excluding hydrogens is 493 g/mol. The van der Waals surface area contributed by atoms with Crippen LogP contribution in [-0.2, 0) is 11.2 Å². The van der Waals surface area contributed by atoms with Crippen LogP contribution in [0.1, 0.15) is 49.1 Å². The maximum absolute atomic E-state index is 15.8. The van der Waals surface area contributed by atoms with Crippen molar-refractivity contribution in [3.8, 4) is 0 Å². The first-order valence-electron chi connectivity index (χ1n) is 12.7. The van der Waals surface area contributed by atoms with Crippen LogP contribution in [0, 0.1) is 0 Å². The number of unbranched alkanes of at least 4 members (excludes halogenated alkanes) is 3. The van der Waals surface area contributed by atoms with Gasteiger partial charge in [-0.05, 0) is 49.1 Å². The number of rotatable bonds is 12. The van der Waals surface area contributed by atoms with E-state index in [-0.39, 0.29) is 31.2 Å². The van der Waals surface area contributed by atoms with E-state index in [0.717, 1.165) is 46.8 Å². The third-order valence-electron chi connectivity index (χ3n) is 6.51. The van der Waals surface area contributed by atoms with Crippen molar-refractivity contribution in [2.75, 3.05) is 13.1 Å². The lowest BCUT2D eigenvalue weighted by molar-refractivity contribution is -0.368. The summed E-state index contributed by atoms with van der Waals surface area (Å²) < 4.78 is 33.9. The second-order valence-corrected chi connectivity index (χ2v) is 9.15. The molecule has 0 aliphatic carbocycles. The van der Waals surface area contributed by atoms with E-state index >= 15 is 8.63 Å². The van der Waals surface area contributed by atoms with Crippen LogP contribution < -0.4 is 23.5 Å². The minimum atomic E-state index is -4.09. The second kappa shape index (κ2) is 13.4. The molecule has 0 saturated heterocycles. The molecule has 2 aromatic rings. The van der Waals surface area contributed by atoms with Gasteiger partial charge in [0.2, 0.25) is 5.91 Å². The second-order valence-electron chi connectivity index (χ2n) is 9.15. The van der Waals surface area contributed by atoms with E-state index in [1.165, 1.54) is 0 Å². The fourth-order valence-electron chi connectivity index (χ4n) is 4.67. The SMILES string of the molecule is [Cl-].[NH3+]CCCCCCNC(=O)CCc1ccc2n1[B-](F)(F)[N+]1=C(/C=C\C=C\c3ccccc3)C=CC1=C2. The zero-order chi connectivity index (χ0) is 25.4. The molecule has 0 bridgehead atoms. The quantitative estimate of drug-likeness (QED) is 0.244. The first kappa shape index (κ1) is 28.3.